The summed E-state index contributed by atoms with van der Waals surface area (Å²) in [5.74, 6) is 1.70. The van der Waals surface area contributed by atoms with E-state index in [0.717, 1.165) is 17.0 Å². The van der Waals surface area contributed by atoms with E-state index < -0.39 is 0 Å². The van der Waals surface area contributed by atoms with Gasteiger partial charge in [-0.3, -0.25) is 4.98 Å². The third kappa shape index (κ3) is 5.21. The molecule has 1 rings (SSSR count). The van der Waals surface area contributed by atoms with Gasteiger partial charge < -0.3 is 10.6 Å². The van der Waals surface area contributed by atoms with E-state index in [2.05, 4.69) is 60.5 Å². The van der Waals surface area contributed by atoms with Crippen molar-refractivity contribution in [1.29, 1.82) is 0 Å². The zero-order chi connectivity index (χ0) is 20.4. The highest BCUT2D eigenvalue weighted by Gasteiger charge is 2.28. The van der Waals surface area contributed by atoms with Crippen LogP contribution in [0.4, 0.5) is 0 Å². The van der Waals surface area contributed by atoms with Crippen LogP contribution >= 0.6 is 0 Å². The van der Waals surface area contributed by atoms with E-state index in [9.17, 15) is 0 Å². The molecule has 0 amide bonds. The number of hydrogen-bond acceptors (Lipinski definition) is 3. The fourth-order valence-corrected chi connectivity index (χ4v) is 3.21. The van der Waals surface area contributed by atoms with Gasteiger partial charge in [0.05, 0.1) is 0 Å². The Morgan fingerprint density at radius 1 is 0.808 bits per heavy atom. The molecule has 0 fully saturated rings. The number of aromatic nitrogens is 1. The molecule has 0 radical (unpaired) electrons. The number of hydrogen-bond donors (Lipinski definition) is 1. The Kier molecular flexibility index (Phi) is 7.26. The SMILES string of the molecule is CC(C)c1nc(C(C)C)c(C(C)C)c(/C(N)=N/OC(C)(C)C)c1C(C)C. The molecular formula is C22H39N3O. The van der Waals surface area contributed by atoms with Crippen LogP contribution in [0.25, 0.3) is 0 Å². The summed E-state index contributed by atoms with van der Waals surface area (Å²) in [6.07, 6.45) is 0. The number of oxime groups is 1. The first-order valence-corrected chi connectivity index (χ1v) is 9.87. The zero-order valence-corrected chi connectivity index (χ0v) is 18.7. The van der Waals surface area contributed by atoms with Gasteiger partial charge >= 0.3 is 0 Å². The van der Waals surface area contributed by atoms with Crippen LogP contribution in [0.2, 0.25) is 0 Å². The number of nitrogens with two attached hydrogens (primary N) is 1. The Hall–Kier alpha value is -1.58. The van der Waals surface area contributed by atoms with Crippen LogP contribution in [0, 0.1) is 0 Å². The molecule has 4 heteroatoms. The van der Waals surface area contributed by atoms with Crippen molar-refractivity contribution in [3.05, 3.63) is 28.1 Å². The molecule has 0 aliphatic rings. The highest BCUT2D eigenvalue weighted by Crippen LogP contribution is 2.37. The van der Waals surface area contributed by atoms with Gasteiger partial charge in [-0.15, -0.1) is 0 Å². The van der Waals surface area contributed by atoms with Gasteiger partial charge in [-0.25, -0.2) is 0 Å². The third-order valence-corrected chi connectivity index (χ3v) is 4.25. The summed E-state index contributed by atoms with van der Waals surface area (Å²) < 4.78 is 0. The van der Waals surface area contributed by atoms with Gasteiger partial charge in [-0.05, 0) is 55.6 Å². The molecule has 0 aromatic carbocycles. The minimum atomic E-state index is -0.380. The Morgan fingerprint density at radius 3 is 1.46 bits per heavy atom. The van der Waals surface area contributed by atoms with Crippen LogP contribution in [0.15, 0.2) is 5.16 Å². The summed E-state index contributed by atoms with van der Waals surface area (Å²) in [4.78, 5) is 10.8. The number of rotatable bonds is 6. The highest BCUT2D eigenvalue weighted by atomic mass is 16.6. The standard InChI is InChI=1S/C22H39N3O/c1-12(2)16-18(21(23)25-26-22(9,10)11)17(13(3)4)20(15(7)8)24-19(16)14(5)6/h12-15H,1-11H3,(H2,23,25). The summed E-state index contributed by atoms with van der Waals surface area (Å²) in [5, 5.41) is 4.32. The van der Waals surface area contributed by atoms with E-state index in [1.807, 2.05) is 20.8 Å². The maximum absolute atomic E-state index is 6.51. The van der Waals surface area contributed by atoms with E-state index in [4.69, 9.17) is 15.6 Å². The molecule has 1 aromatic heterocycles. The number of nitrogens with zero attached hydrogens (tertiary/aromatic N) is 2. The second kappa shape index (κ2) is 8.41. The molecule has 0 bridgehead atoms. The molecule has 2 N–H and O–H groups in total. The summed E-state index contributed by atoms with van der Waals surface area (Å²) in [7, 11) is 0. The van der Waals surface area contributed by atoms with Crippen molar-refractivity contribution in [2.75, 3.05) is 0 Å². The molecule has 4 nitrogen and oxygen atoms in total. The molecule has 0 unspecified atom stereocenters. The summed E-state index contributed by atoms with van der Waals surface area (Å²) in [5.41, 5.74) is 11.8. The predicted octanol–water partition coefficient (Wildman–Crippen LogP) is 6.01. The first-order valence-electron chi connectivity index (χ1n) is 9.87. The predicted molar refractivity (Wildman–Crippen MR) is 112 cm³/mol. The molecule has 26 heavy (non-hydrogen) atoms. The Morgan fingerprint density at radius 2 is 1.19 bits per heavy atom. The smallest absolute Gasteiger partial charge is 0.171 e. The van der Waals surface area contributed by atoms with Crippen LogP contribution in [0.5, 0.6) is 0 Å². The lowest BCUT2D eigenvalue weighted by molar-refractivity contribution is 0.000810. The van der Waals surface area contributed by atoms with Crippen molar-refractivity contribution in [1.82, 2.24) is 4.98 Å². The summed E-state index contributed by atoms with van der Waals surface area (Å²) >= 11 is 0. The monoisotopic (exact) mass is 361 g/mol. The largest absolute Gasteiger partial charge is 0.388 e. The van der Waals surface area contributed by atoms with E-state index in [-0.39, 0.29) is 5.60 Å². The second-order valence-corrected chi connectivity index (χ2v) is 9.38. The van der Waals surface area contributed by atoms with Crippen molar-refractivity contribution in [2.45, 2.75) is 105 Å². The van der Waals surface area contributed by atoms with Gasteiger partial charge in [0.1, 0.15) is 5.60 Å². The molecular weight excluding hydrogens is 322 g/mol. The zero-order valence-electron chi connectivity index (χ0n) is 18.7. The summed E-state index contributed by atoms with van der Waals surface area (Å²) in [6.45, 7) is 23.5. The molecule has 0 spiro atoms. The number of amidine groups is 1. The maximum Gasteiger partial charge on any atom is 0.171 e. The molecule has 0 aliphatic carbocycles. The number of pyridine rings is 1. The molecule has 1 heterocycles. The summed E-state index contributed by atoms with van der Waals surface area (Å²) in [6, 6.07) is 0. The molecule has 0 saturated carbocycles. The van der Waals surface area contributed by atoms with E-state index in [1.54, 1.807) is 0 Å². The molecule has 148 valence electrons. The fourth-order valence-electron chi connectivity index (χ4n) is 3.21. The minimum Gasteiger partial charge on any atom is -0.388 e. The Balaban J connectivity index is 3.92. The first-order chi connectivity index (χ1) is 11.8. The van der Waals surface area contributed by atoms with Crippen LogP contribution in [0.1, 0.15) is 128 Å². The quantitative estimate of drug-likeness (QED) is 0.383. The van der Waals surface area contributed by atoms with E-state index in [1.165, 1.54) is 11.1 Å². The van der Waals surface area contributed by atoms with Crippen molar-refractivity contribution in [2.24, 2.45) is 10.9 Å². The lowest BCUT2D eigenvalue weighted by Crippen LogP contribution is -2.26. The van der Waals surface area contributed by atoms with Crippen LogP contribution in [-0.2, 0) is 4.84 Å². The topological polar surface area (TPSA) is 60.5 Å². The fraction of sp³-hybridized carbons (Fsp3) is 0.727. The third-order valence-electron chi connectivity index (χ3n) is 4.25. The van der Waals surface area contributed by atoms with E-state index in [0.29, 0.717) is 29.5 Å². The van der Waals surface area contributed by atoms with Crippen molar-refractivity contribution in [3.8, 4) is 0 Å². The van der Waals surface area contributed by atoms with Crippen LogP contribution < -0.4 is 5.73 Å². The van der Waals surface area contributed by atoms with Gasteiger partial charge in [-0.1, -0.05) is 60.5 Å². The van der Waals surface area contributed by atoms with Gasteiger partial charge in [-0.2, -0.15) is 0 Å². The van der Waals surface area contributed by atoms with Gasteiger partial charge in [0.2, 0.25) is 0 Å². The van der Waals surface area contributed by atoms with Crippen molar-refractivity contribution < 1.29 is 4.84 Å². The van der Waals surface area contributed by atoms with Crippen LogP contribution in [-0.4, -0.2) is 16.4 Å². The lowest BCUT2D eigenvalue weighted by atomic mass is 9.82. The normalized spacial score (nSPS) is 13.4. The van der Waals surface area contributed by atoms with E-state index >= 15 is 0 Å². The average Bonchev–Trinajstić information content (AvgIpc) is 2.48. The van der Waals surface area contributed by atoms with Crippen molar-refractivity contribution >= 4 is 5.84 Å². The molecule has 0 aliphatic heterocycles. The lowest BCUT2D eigenvalue weighted by Gasteiger charge is -2.28. The second-order valence-electron chi connectivity index (χ2n) is 9.38. The molecule has 1 aromatic rings. The molecule has 0 saturated heterocycles. The maximum atomic E-state index is 6.51. The highest BCUT2D eigenvalue weighted by molar-refractivity contribution is 6.00. The van der Waals surface area contributed by atoms with Gasteiger partial charge in [0.25, 0.3) is 0 Å². The van der Waals surface area contributed by atoms with Gasteiger partial charge in [0, 0.05) is 17.0 Å². The average molecular weight is 362 g/mol. The van der Waals surface area contributed by atoms with Crippen molar-refractivity contribution in [3.63, 3.8) is 0 Å². The Bertz CT molecular complexity index is 612. The Labute approximate surface area is 160 Å². The van der Waals surface area contributed by atoms with Gasteiger partial charge in [0.15, 0.2) is 5.84 Å². The minimum absolute atomic E-state index is 0.303. The first kappa shape index (κ1) is 22.5. The molecule has 0 atom stereocenters. The van der Waals surface area contributed by atoms with Crippen LogP contribution in [0.3, 0.4) is 0 Å².